The minimum absolute atomic E-state index is 0.0172. The van der Waals surface area contributed by atoms with E-state index >= 15 is 0 Å². The molecule has 0 fully saturated rings. The Labute approximate surface area is 120 Å². The van der Waals surface area contributed by atoms with Crippen LogP contribution in [-0.4, -0.2) is 15.5 Å². The van der Waals surface area contributed by atoms with Gasteiger partial charge in [0.25, 0.3) is 0 Å². The highest BCUT2D eigenvalue weighted by atomic mass is 15.2. The Balaban J connectivity index is 2.08. The average Bonchev–Trinajstić information content (AvgIpc) is 2.38. The number of aromatic nitrogens is 2. The summed E-state index contributed by atoms with van der Waals surface area (Å²) in [6.07, 6.45) is 1.76. The van der Waals surface area contributed by atoms with Gasteiger partial charge in [-0.1, -0.05) is 30.3 Å². The third kappa shape index (κ3) is 4.23. The van der Waals surface area contributed by atoms with Crippen molar-refractivity contribution in [2.45, 2.75) is 39.3 Å². The Bertz CT molecular complexity index is 546. The van der Waals surface area contributed by atoms with Gasteiger partial charge < -0.3 is 10.6 Å². The zero-order valence-electron chi connectivity index (χ0n) is 12.5. The smallest absolute Gasteiger partial charge is 0.225 e. The van der Waals surface area contributed by atoms with Gasteiger partial charge in [0.1, 0.15) is 5.82 Å². The molecule has 0 amide bonds. The van der Waals surface area contributed by atoms with Crippen LogP contribution in [0.25, 0.3) is 0 Å². The standard InChI is InChI=1S/C16H22N4/c1-12(13-8-6-5-7-9-13)18-15-17-11-10-14(19-15)20-16(2,3)4/h5-12H,1-4H3,(H2,17,18,19,20). The Hall–Kier alpha value is -2.10. The Morgan fingerprint density at radius 2 is 1.75 bits per heavy atom. The van der Waals surface area contributed by atoms with Crippen LogP contribution >= 0.6 is 0 Å². The first-order chi connectivity index (χ1) is 9.44. The molecule has 0 aliphatic heterocycles. The van der Waals surface area contributed by atoms with Gasteiger partial charge in [-0.15, -0.1) is 0 Å². The van der Waals surface area contributed by atoms with Gasteiger partial charge in [0, 0.05) is 11.7 Å². The number of hydrogen-bond donors (Lipinski definition) is 2. The summed E-state index contributed by atoms with van der Waals surface area (Å²) < 4.78 is 0. The van der Waals surface area contributed by atoms with Crippen molar-refractivity contribution in [3.05, 3.63) is 48.2 Å². The van der Waals surface area contributed by atoms with Crippen LogP contribution in [0.15, 0.2) is 42.6 Å². The van der Waals surface area contributed by atoms with E-state index in [1.807, 2.05) is 24.3 Å². The molecule has 0 spiro atoms. The van der Waals surface area contributed by atoms with Crippen LogP contribution < -0.4 is 10.6 Å². The van der Waals surface area contributed by atoms with Gasteiger partial charge in [-0.3, -0.25) is 0 Å². The fraction of sp³-hybridized carbons (Fsp3) is 0.375. The maximum Gasteiger partial charge on any atom is 0.225 e. The van der Waals surface area contributed by atoms with Crippen LogP contribution in [-0.2, 0) is 0 Å². The molecule has 1 atom stereocenters. The monoisotopic (exact) mass is 270 g/mol. The third-order valence-corrected chi connectivity index (χ3v) is 2.80. The van der Waals surface area contributed by atoms with E-state index in [0.29, 0.717) is 5.95 Å². The van der Waals surface area contributed by atoms with Crippen molar-refractivity contribution in [2.75, 3.05) is 10.6 Å². The van der Waals surface area contributed by atoms with Gasteiger partial charge in [0.15, 0.2) is 0 Å². The van der Waals surface area contributed by atoms with E-state index in [1.165, 1.54) is 5.56 Å². The molecule has 0 bridgehead atoms. The highest BCUT2D eigenvalue weighted by molar-refractivity contribution is 5.42. The maximum atomic E-state index is 4.49. The molecule has 4 nitrogen and oxygen atoms in total. The number of anilines is 2. The zero-order chi connectivity index (χ0) is 14.6. The Morgan fingerprint density at radius 3 is 2.40 bits per heavy atom. The average molecular weight is 270 g/mol. The summed E-state index contributed by atoms with van der Waals surface area (Å²) in [5.74, 6) is 1.46. The van der Waals surface area contributed by atoms with Gasteiger partial charge in [0.2, 0.25) is 5.95 Å². The third-order valence-electron chi connectivity index (χ3n) is 2.80. The van der Waals surface area contributed by atoms with E-state index < -0.39 is 0 Å². The molecule has 2 rings (SSSR count). The lowest BCUT2D eigenvalue weighted by Gasteiger charge is -2.22. The lowest BCUT2D eigenvalue weighted by atomic mass is 10.1. The van der Waals surface area contributed by atoms with E-state index in [4.69, 9.17) is 0 Å². The lowest BCUT2D eigenvalue weighted by molar-refractivity contribution is 0.630. The molecule has 0 aliphatic carbocycles. The van der Waals surface area contributed by atoms with Crippen molar-refractivity contribution in [3.63, 3.8) is 0 Å². The predicted octanol–water partition coefficient (Wildman–Crippen LogP) is 3.86. The predicted molar refractivity (Wildman–Crippen MR) is 83.9 cm³/mol. The molecule has 1 heterocycles. The summed E-state index contributed by atoms with van der Waals surface area (Å²) in [7, 11) is 0. The number of hydrogen-bond acceptors (Lipinski definition) is 4. The van der Waals surface area contributed by atoms with Crippen LogP contribution in [0.1, 0.15) is 39.3 Å². The topological polar surface area (TPSA) is 49.8 Å². The van der Waals surface area contributed by atoms with E-state index in [1.54, 1.807) is 6.20 Å². The maximum absolute atomic E-state index is 4.49. The second-order valence-electron chi connectivity index (χ2n) is 5.92. The summed E-state index contributed by atoms with van der Waals surface area (Å²) in [6.45, 7) is 8.42. The fourth-order valence-corrected chi connectivity index (χ4v) is 1.90. The summed E-state index contributed by atoms with van der Waals surface area (Å²) in [4.78, 5) is 8.76. The molecule has 1 aromatic carbocycles. The first-order valence-electron chi connectivity index (χ1n) is 6.87. The molecule has 4 heteroatoms. The van der Waals surface area contributed by atoms with Crippen LogP contribution in [0.4, 0.5) is 11.8 Å². The second kappa shape index (κ2) is 5.90. The molecular formula is C16H22N4. The van der Waals surface area contributed by atoms with Crippen molar-refractivity contribution in [2.24, 2.45) is 0 Å². The van der Waals surface area contributed by atoms with Gasteiger partial charge in [0.05, 0.1) is 6.04 Å². The minimum Gasteiger partial charge on any atom is -0.365 e. The summed E-state index contributed by atoms with van der Waals surface area (Å²) in [5, 5.41) is 6.67. The van der Waals surface area contributed by atoms with Crippen LogP contribution in [0, 0.1) is 0 Å². The van der Waals surface area contributed by atoms with E-state index in [2.05, 4.69) is 60.4 Å². The largest absolute Gasteiger partial charge is 0.365 e. The molecule has 0 aliphatic rings. The van der Waals surface area contributed by atoms with Gasteiger partial charge in [-0.25, -0.2) is 4.98 Å². The highest BCUT2D eigenvalue weighted by Gasteiger charge is 2.11. The lowest BCUT2D eigenvalue weighted by Crippen LogP contribution is -2.26. The minimum atomic E-state index is -0.0172. The molecule has 2 aromatic rings. The first-order valence-corrected chi connectivity index (χ1v) is 6.87. The highest BCUT2D eigenvalue weighted by Crippen LogP contribution is 2.18. The van der Waals surface area contributed by atoms with Crippen molar-refractivity contribution < 1.29 is 0 Å². The fourth-order valence-electron chi connectivity index (χ4n) is 1.90. The van der Waals surface area contributed by atoms with Crippen LogP contribution in [0.2, 0.25) is 0 Å². The van der Waals surface area contributed by atoms with Crippen molar-refractivity contribution in [1.29, 1.82) is 0 Å². The quantitative estimate of drug-likeness (QED) is 0.885. The number of nitrogens with zero attached hydrogens (tertiary/aromatic N) is 2. The number of nitrogens with one attached hydrogen (secondary N) is 2. The number of benzene rings is 1. The Kier molecular flexibility index (Phi) is 4.23. The number of rotatable bonds is 4. The first kappa shape index (κ1) is 14.3. The van der Waals surface area contributed by atoms with Crippen LogP contribution in [0.3, 0.4) is 0 Å². The molecule has 0 saturated heterocycles. The van der Waals surface area contributed by atoms with Crippen molar-refractivity contribution >= 4 is 11.8 Å². The normalized spacial score (nSPS) is 12.8. The molecule has 106 valence electrons. The molecule has 20 heavy (non-hydrogen) atoms. The van der Waals surface area contributed by atoms with Gasteiger partial charge in [-0.05, 0) is 39.3 Å². The van der Waals surface area contributed by atoms with Gasteiger partial charge >= 0.3 is 0 Å². The summed E-state index contributed by atoms with van der Waals surface area (Å²) >= 11 is 0. The molecule has 2 N–H and O–H groups in total. The van der Waals surface area contributed by atoms with Gasteiger partial charge in [-0.2, -0.15) is 4.98 Å². The molecule has 0 radical (unpaired) electrons. The Morgan fingerprint density at radius 1 is 1.05 bits per heavy atom. The van der Waals surface area contributed by atoms with E-state index in [0.717, 1.165) is 5.82 Å². The molecular weight excluding hydrogens is 248 g/mol. The summed E-state index contributed by atoms with van der Waals surface area (Å²) in [6, 6.07) is 12.3. The van der Waals surface area contributed by atoms with E-state index in [-0.39, 0.29) is 11.6 Å². The van der Waals surface area contributed by atoms with Crippen molar-refractivity contribution in [1.82, 2.24) is 9.97 Å². The molecule has 1 unspecified atom stereocenters. The van der Waals surface area contributed by atoms with Crippen molar-refractivity contribution in [3.8, 4) is 0 Å². The van der Waals surface area contributed by atoms with Crippen LogP contribution in [0.5, 0.6) is 0 Å². The molecule has 0 saturated carbocycles. The zero-order valence-corrected chi connectivity index (χ0v) is 12.5. The summed E-state index contributed by atoms with van der Waals surface area (Å²) in [5.41, 5.74) is 1.20. The van der Waals surface area contributed by atoms with E-state index in [9.17, 15) is 0 Å². The SMILES string of the molecule is CC(Nc1nccc(NC(C)(C)C)n1)c1ccccc1. The molecule has 1 aromatic heterocycles. The second-order valence-corrected chi connectivity index (χ2v) is 5.92.